The number of cyclic esters (lactones) is 2. The second-order valence-electron chi connectivity index (χ2n) is 7.19. The van der Waals surface area contributed by atoms with Crippen molar-refractivity contribution in [1.82, 2.24) is 5.32 Å². The average molecular weight is 459 g/mol. The fourth-order valence-electron chi connectivity index (χ4n) is 3.02. The minimum atomic E-state index is -3.86. The highest BCUT2D eigenvalue weighted by molar-refractivity contribution is 7.58. The van der Waals surface area contributed by atoms with Crippen molar-refractivity contribution in [1.29, 1.82) is 0 Å². The number of nitrogens with one attached hydrogen (secondary N) is 1. The molecule has 1 aliphatic rings. The molecule has 1 saturated heterocycles. The van der Waals surface area contributed by atoms with E-state index in [1.807, 2.05) is 30.3 Å². The van der Waals surface area contributed by atoms with E-state index in [1.165, 1.54) is 0 Å². The van der Waals surface area contributed by atoms with Crippen LogP contribution in [-0.2, 0) is 29.9 Å². The molecule has 10 nitrogen and oxygen atoms in total. The molecule has 1 aliphatic heterocycles. The van der Waals surface area contributed by atoms with Gasteiger partial charge in [-0.1, -0.05) is 30.3 Å². The van der Waals surface area contributed by atoms with Crippen LogP contribution >= 0.6 is 7.37 Å². The number of benzene rings is 1. The molecule has 11 heteroatoms. The Morgan fingerprint density at radius 3 is 2.58 bits per heavy atom. The third-order valence-corrected chi connectivity index (χ3v) is 7.04. The molecular formula is C20H30NO9P. The Labute approximate surface area is 181 Å². The van der Waals surface area contributed by atoms with Gasteiger partial charge in [-0.2, -0.15) is 0 Å². The molecule has 0 saturated carbocycles. The van der Waals surface area contributed by atoms with E-state index in [2.05, 4.69) is 5.32 Å². The molecule has 1 aromatic carbocycles. The van der Waals surface area contributed by atoms with Crippen molar-refractivity contribution in [3.05, 3.63) is 35.9 Å². The molecule has 174 valence electrons. The summed E-state index contributed by atoms with van der Waals surface area (Å²) in [6, 6.07) is 9.22. The summed E-state index contributed by atoms with van der Waals surface area (Å²) in [4.78, 5) is 34.0. The minimum absolute atomic E-state index is 0.0107. The van der Waals surface area contributed by atoms with Gasteiger partial charge < -0.3 is 34.3 Å². The van der Waals surface area contributed by atoms with Gasteiger partial charge >= 0.3 is 12.2 Å². The summed E-state index contributed by atoms with van der Waals surface area (Å²) in [5.74, 6) is -1.14. The first-order valence-corrected chi connectivity index (χ1v) is 12.1. The lowest BCUT2D eigenvalue weighted by atomic mass is 10.2. The highest BCUT2D eigenvalue weighted by Gasteiger charge is 2.36. The van der Waals surface area contributed by atoms with Gasteiger partial charge in [0.1, 0.15) is 18.5 Å². The fourth-order valence-corrected chi connectivity index (χ4v) is 4.77. The number of ether oxygens (including phenoxy) is 4. The Kier molecular flexibility index (Phi) is 9.77. The molecule has 5 atom stereocenters. The van der Waals surface area contributed by atoms with Crippen molar-refractivity contribution in [2.24, 2.45) is 0 Å². The van der Waals surface area contributed by atoms with E-state index in [4.69, 9.17) is 18.9 Å². The number of hydrogen-bond acceptors (Lipinski definition) is 8. The topological polar surface area (TPSA) is 141 Å². The second-order valence-corrected chi connectivity index (χ2v) is 9.77. The number of aliphatic hydroxyl groups excluding tert-OH is 1. The largest absolute Gasteiger partial charge is 0.509 e. The summed E-state index contributed by atoms with van der Waals surface area (Å²) in [6.45, 7) is 3.34. The van der Waals surface area contributed by atoms with E-state index >= 15 is 0 Å². The highest BCUT2D eigenvalue weighted by Crippen LogP contribution is 2.47. The molecule has 0 aliphatic carbocycles. The first-order chi connectivity index (χ1) is 14.7. The lowest BCUT2D eigenvalue weighted by Crippen LogP contribution is -2.38. The Morgan fingerprint density at radius 2 is 1.97 bits per heavy atom. The number of alkyl carbamates (subject to hydrolysis) is 1. The van der Waals surface area contributed by atoms with Gasteiger partial charge in [-0.15, -0.1) is 0 Å². The zero-order valence-corrected chi connectivity index (χ0v) is 18.5. The van der Waals surface area contributed by atoms with Crippen molar-refractivity contribution >= 4 is 19.6 Å². The van der Waals surface area contributed by atoms with Crippen molar-refractivity contribution in [2.45, 2.75) is 57.4 Å². The number of aliphatic hydroxyl groups is 1. The maximum atomic E-state index is 13.0. The van der Waals surface area contributed by atoms with Crippen LogP contribution in [0.5, 0.6) is 0 Å². The number of hydrogen-bond donors (Lipinski definition) is 3. The van der Waals surface area contributed by atoms with Crippen LogP contribution in [0.15, 0.2) is 30.3 Å². The van der Waals surface area contributed by atoms with Gasteiger partial charge in [-0.3, -0.25) is 4.57 Å². The first kappa shape index (κ1) is 25.1. The van der Waals surface area contributed by atoms with E-state index in [0.717, 1.165) is 5.56 Å². The van der Waals surface area contributed by atoms with Crippen molar-refractivity contribution in [3.63, 3.8) is 0 Å². The van der Waals surface area contributed by atoms with Crippen molar-refractivity contribution in [3.8, 4) is 0 Å². The molecule has 2 rings (SSSR count). The smallest absolute Gasteiger partial charge is 0.445 e. The third kappa shape index (κ3) is 8.49. The van der Waals surface area contributed by atoms with Crippen LogP contribution in [-0.4, -0.2) is 65.9 Å². The zero-order chi connectivity index (χ0) is 22.9. The van der Waals surface area contributed by atoms with Gasteiger partial charge in [0, 0.05) is 19.2 Å². The molecule has 0 radical (unpaired) electrons. The second kappa shape index (κ2) is 12.0. The minimum Gasteiger partial charge on any atom is -0.445 e. The van der Waals surface area contributed by atoms with E-state index in [0.29, 0.717) is 6.42 Å². The Balaban J connectivity index is 1.96. The van der Waals surface area contributed by atoms with Gasteiger partial charge in [0.15, 0.2) is 12.4 Å². The molecule has 31 heavy (non-hydrogen) atoms. The van der Waals surface area contributed by atoms with E-state index < -0.39 is 43.9 Å². The average Bonchev–Trinajstić information content (AvgIpc) is 3.06. The number of aryl methyl sites for hydroxylation is 1. The SMILES string of the molecule is CCOC(O)CCC(NC(=O)OCC1OC(=O)OC1C)P(=O)(O)CCc1ccccc1. The molecular weight excluding hydrogens is 429 g/mol. The molecule has 0 aromatic heterocycles. The molecule has 3 N–H and O–H groups in total. The summed E-state index contributed by atoms with van der Waals surface area (Å²) in [7, 11) is -3.86. The van der Waals surface area contributed by atoms with Crippen LogP contribution in [0.4, 0.5) is 9.59 Å². The van der Waals surface area contributed by atoms with Gasteiger partial charge in [0.25, 0.3) is 0 Å². The zero-order valence-electron chi connectivity index (χ0n) is 17.6. The van der Waals surface area contributed by atoms with Crippen LogP contribution in [0.2, 0.25) is 0 Å². The van der Waals surface area contributed by atoms with Crippen LogP contribution in [0.3, 0.4) is 0 Å². The molecule has 5 unspecified atom stereocenters. The predicted octanol–water partition coefficient (Wildman–Crippen LogP) is 2.61. The third-order valence-electron chi connectivity index (χ3n) is 4.81. The fraction of sp³-hybridized carbons (Fsp3) is 0.600. The lowest BCUT2D eigenvalue weighted by molar-refractivity contribution is -0.0995. The van der Waals surface area contributed by atoms with Crippen LogP contribution in [0, 0.1) is 0 Å². The summed E-state index contributed by atoms with van der Waals surface area (Å²) in [5.41, 5.74) is 0.893. The van der Waals surface area contributed by atoms with E-state index in [1.54, 1.807) is 13.8 Å². The van der Waals surface area contributed by atoms with Crippen LogP contribution in [0.1, 0.15) is 32.3 Å². The Morgan fingerprint density at radius 1 is 1.26 bits per heavy atom. The summed E-state index contributed by atoms with van der Waals surface area (Å²) in [5, 5.41) is 12.2. The van der Waals surface area contributed by atoms with Gasteiger partial charge in [-0.05, 0) is 32.3 Å². The van der Waals surface area contributed by atoms with Crippen molar-refractivity contribution in [2.75, 3.05) is 19.4 Å². The predicted molar refractivity (Wildman–Crippen MR) is 111 cm³/mol. The van der Waals surface area contributed by atoms with Crippen LogP contribution < -0.4 is 5.32 Å². The molecule has 0 spiro atoms. The Hall–Kier alpha value is -2.13. The molecule has 1 amide bonds. The van der Waals surface area contributed by atoms with Gasteiger partial charge in [0.05, 0.1) is 0 Å². The summed E-state index contributed by atoms with van der Waals surface area (Å²) >= 11 is 0. The molecule has 1 heterocycles. The summed E-state index contributed by atoms with van der Waals surface area (Å²) in [6.07, 6.45) is -3.86. The van der Waals surface area contributed by atoms with Crippen LogP contribution in [0.25, 0.3) is 0 Å². The molecule has 0 bridgehead atoms. The molecule has 1 fully saturated rings. The van der Waals surface area contributed by atoms with E-state index in [9.17, 15) is 24.2 Å². The summed E-state index contributed by atoms with van der Waals surface area (Å²) < 4.78 is 32.8. The molecule has 1 aromatic rings. The Bertz CT molecular complexity index is 760. The van der Waals surface area contributed by atoms with Crippen molar-refractivity contribution < 1.29 is 43.1 Å². The first-order valence-electron chi connectivity index (χ1n) is 10.2. The van der Waals surface area contributed by atoms with Gasteiger partial charge in [0.2, 0.25) is 7.37 Å². The number of carbonyl (C=O) groups excluding carboxylic acids is 2. The maximum absolute atomic E-state index is 13.0. The maximum Gasteiger partial charge on any atom is 0.509 e. The number of amides is 1. The van der Waals surface area contributed by atoms with E-state index in [-0.39, 0.29) is 32.2 Å². The highest BCUT2D eigenvalue weighted by atomic mass is 31.2. The number of rotatable bonds is 12. The lowest BCUT2D eigenvalue weighted by Gasteiger charge is -2.25. The normalized spacial score (nSPS) is 22.0. The van der Waals surface area contributed by atoms with Gasteiger partial charge in [-0.25, -0.2) is 9.59 Å². The monoisotopic (exact) mass is 459 g/mol. The standard InChI is InChI=1S/C20H30NO9P/c1-3-27-18(22)10-9-17(31(25,26)12-11-15-7-5-4-6-8-15)21-19(23)28-13-16-14(2)29-20(24)30-16/h4-8,14,16-18,22H,3,9-13H2,1-2H3,(H,21,23)(H,25,26). The number of carbonyl (C=O) groups is 2. The quantitative estimate of drug-likeness (QED) is 0.244.